The van der Waals surface area contributed by atoms with Crippen molar-refractivity contribution < 1.29 is 22.7 Å². The number of aromatic nitrogens is 4. The second kappa shape index (κ2) is 9.12. The Morgan fingerprint density at radius 3 is 2.47 bits per heavy atom. The highest BCUT2D eigenvalue weighted by molar-refractivity contribution is 5.94. The minimum Gasteiger partial charge on any atom is -0.406 e. The summed E-state index contributed by atoms with van der Waals surface area (Å²) < 4.78 is 42.3. The van der Waals surface area contributed by atoms with Gasteiger partial charge in [-0.25, -0.2) is 15.0 Å². The van der Waals surface area contributed by atoms with E-state index in [2.05, 4.69) is 19.7 Å². The topological polar surface area (TPSA) is 93.5 Å². The fraction of sp³-hybridized carbons (Fsp3) is 0.318. The lowest BCUT2D eigenvalue weighted by molar-refractivity contribution is -0.274. The number of carbonyl (C=O) groups excluding carboxylic acids is 1. The van der Waals surface area contributed by atoms with Crippen LogP contribution in [0.2, 0.25) is 0 Å². The molecule has 1 fully saturated rings. The second-order valence-corrected chi connectivity index (χ2v) is 7.80. The Hall–Kier alpha value is -3.96. The van der Waals surface area contributed by atoms with E-state index >= 15 is 0 Å². The number of piperazine rings is 1. The third kappa shape index (κ3) is 5.00. The molecule has 9 nitrogen and oxygen atoms in total. The van der Waals surface area contributed by atoms with Crippen LogP contribution in [0.15, 0.2) is 53.7 Å². The molecule has 0 bridgehead atoms. The Kier molecular flexibility index (Phi) is 6.22. The van der Waals surface area contributed by atoms with Crippen molar-refractivity contribution in [1.82, 2.24) is 24.4 Å². The van der Waals surface area contributed by atoms with Gasteiger partial charge in [0.1, 0.15) is 12.1 Å². The summed E-state index contributed by atoms with van der Waals surface area (Å²) in [5.74, 6) is -0.242. The highest BCUT2D eigenvalue weighted by Crippen LogP contribution is 2.24. The number of nitrogens with zero attached hydrogens (tertiary/aromatic N) is 6. The van der Waals surface area contributed by atoms with Crippen molar-refractivity contribution in [3.8, 4) is 17.1 Å². The van der Waals surface area contributed by atoms with Gasteiger partial charge in [-0.2, -0.15) is 0 Å². The number of ether oxygens (including phenoxy) is 1. The summed E-state index contributed by atoms with van der Waals surface area (Å²) in [5.41, 5.74) is 0.956. The number of anilines is 1. The highest BCUT2D eigenvalue weighted by atomic mass is 19.4. The zero-order valence-electron chi connectivity index (χ0n) is 18.4. The normalized spacial score (nSPS) is 16.4. The van der Waals surface area contributed by atoms with Crippen LogP contribution in [0.4, 0.5) is 19.1 Å². The average Bonchev–Trinajstić information content (AvgIpc) is 2.80. The van der Waals surface area contributed by atoms with E-state index in [-0.39, 0.29) is 23.1 Å². The van der Waals surface area contributed by atoms with Crippen LogP contribution in [0.3, 0.4) is 0 Å². The van der Waals surface area contributed by atoms with Crippen molar-refractivity contribution >= 4 is 11.9 Å². The van der Waals surface area contributed by atoms with E-state index < -0.39 is 12.1 Å². The highest BCUT2D eigenvalue weighted by Gasteiger charge is 2.32. The third-order valence-electron chi connectivity index (χ3n) is 5.46. The molecule has 0 unspecified atom stereocenters. The predicted molar refractivity (Wildman–Crippen MR) is 116 cm³/mol. The zero-order chi connectivity index (χ0) is 24.5. The summed E-state index contributed by atoms with van der Waals surface area (Å²) in [4.78, 5) is 41.7. The molecule has 1 saturated heterocycles. The maximum atomic E-state index is 12.9. The second-order valence-electron chi connectivity index (χ2n) is 7.80. The molecule has 34 heavy (non-hydrogen) atoms. The lowest BCUT2D eigenvalue weighted by atomic mass is 10.1. The molecule has 3 heterocycles. The lowest BCUT2D eigenvalue weighted by Crippen LogP contribution is -2.55. The molecule has 1 aliphatic rings. The molecule has 1 aliphatic heterocycles. The number of hydrogen-bond donors (Lipinski definition) is 0. The molecule has 3 aromatic rings. The maximum absolute atomic E-state index is 12.9. The van der Waals surface area contributed by atoms with Gasteiger partial charge in [0.2, 0.25) is 5.95 Å². The molecule has 12 heteroatoms. The fourth-order valence-corrected chi connectivity index (χ4v) is 3.78. The Morgan fingerprint density at radius 2 is 1.85 bits per heavy atom. The largest absolute Gasteiger partial charge is 0.573 e. The van der Waals surface area contributed by atoms with Gasteiger partial charge in [-0.3, -0.25) is 14.2 Å². The van der Waals surface area contributed by atoms with Gasteiger partial charge in [0, 0.05) is 50.6 Å². The van der Waals surface area contributed by atoms with Gasteiger partial charge in [0.25, 0.3) is 11.5 Å². The first-order valence-corrected chi connectivity index (χ1v) is 10.4. The Labute approximate surface area is 192 Å². The molecule has 0 aliphatic carbocycles. The van der Waals surface area contributed by atoms with Crippen LogP contribution in [-0.2, 0) is 7.05 Å². The van der Waals surface area contributed by atoms with E-state index in [4.69, 9.17) is 0 Å². The number of halogens is 3. The van der Waals surface area contributed by atoms with Crippen molar-refractivity contribution in [2.75, 3.05) is 24.5 Å². The van der Waals surface area contributed by atoms with Gasteiger partial charge >= 0.3 is 6.36 Å². The first kappa shape index (κ1) is 23.2. The summed E-state index contributed by atoms with van der Waals surface area (Å²) in [7, 11) is 1.63. The molecule has 1 amide bonds. The first-order chi connectivity index (χ1) is 16.1. The van der Waals surface area contributed by atoms with Crippen molar-refractivity contribution in [3.63, 3.8) is 0 Å². The number of alkyl halides is 3. The number of amides is 1. The van der Waals surface area contributed by atoms with Crippen LogP contribution in [0, 0.1) is 0 Å². The smallest absolute Gasteiger partial charge is 0.406 e. The predicted octanol–water partition coefficient (Wildman–Crippen LogP) is 2.49. The fourth-order valence-electron chi connectivity index (χ4n) is 3.78. The van der Waals surface area contributed by atoms with E-state index in [1.54, 1.807) is 24.2 Å². The Balaban J connectivity index is 1.50. The number of benzene rings is 1. The molecular weight excluding hydrogens is 453 g/mol. The molecule has 2 aromatic heterocycles. The van der Waals surface area contributed by atoms with Crippen LogP contribution in [0.1, 0.15) is 17.3 Å². The van der Waals surface area contributed by atoms with E-state index in [0.717, 1.165) is 12.1 Å². The summed E-state index contributed by atoms with van der Waals surface area (Å²) in [6, 6.07) is 7.72. The van der Waals surface area contributed by atoms with Crippen LogP contribution in [0.5, 0.6) is 5.75 Å². The first-order valence-electron chi connectivity index (χ1n) is 10.4. The summed E-state index contributed by atoms with van der Waals surface area (Å²) in [6.07, 6.45) is -1.85. The number of carbonyl (C=O) groups is 1. The number of hydrogen-bond acceptors (Lipinski definition) is 7. The van der Waals surface area contributed by atoms with Crippen LogP contribution < -0.4 is 15.2 Å². The number of rotatable bonds is 4. The maximum Gasteiger partial charge on any atom is 0.573 e. The van der Waals surface area contributed by atoms with Crippen molar-refractivity contribution in [1.29, 1.82) is 0 Å². The quantitative estimate of drug-likeness (QED) is 0.574. The average molecular weight is 474 g/mol. The van der Waals surface area contributed by atoms with Gasteiger partial charge in [-0.05, 0) is 37.3 Å². The summed E-state index contributed by atoms with van der Waals surface area (Å²) >= 11 is 0. The third-order valence-corrected chi connectivity index (χ3v) is 5.46. The monoisotopic (exact) mass is 474 g/mol. The summed E-state index contributed by atoms with van der Waals surface area (Å²) in [5, 5.41) is 0. The van der Waals surface area contributed by atoms with E-state index in [1.165, 1.54) is 29.1 Å². The van der Waals surface area contributed by atoms with Crippen LogP contribution in [0.25, 0.3) is 11.4 Å². The summed E-state index contributed by atoms with van der Waals surface area (Å²) in [6.45, 7) is 3.00. The van der Waals surface area contributed by atoms with E-state index in [0.29, 0.717) is 37.0 Å². The van der Waals surface area contributed by atoms with Gasteiger partial charge in [-0.15, -0.1) is 13.2 Å². The molecule has 1 aromatic carbocycles. The van der Waals surface area contributed by atoms with Gasteiger partial charge in [0.15, 0.2) is 0 Å². The van der Waals surface area contributed by atoms with E-state index in [1.807, 2.05) is 11.8 Å². The minimum absolute atomic E-state index is 0.177. The molecule has 178 valence electrons. The zero-order valence-corrected chi connectivity index (χ0v) is 18.4. The molecule has 4 rings (SSSR count). The lowest BCUT2D eigenvalue weighted by Gasteiger charge is -2.40. The molecule has 1 atom stereocenters. The molecule has 0 spiro atoms. The van der Waals surface area contributed by atoms with Gasteiger partial charge in [0.05, 0.1) is 11.4 Å². The van der Waals surface area contributed by atoms with Gasteiger partial charge < -0.3 is 14.5 Å². The van der Waals surface area contributed by atoms with Crippen LogP contribution in [-0.4, -0.2) is 62.4 Å². The minimum atomic E-state index is -4.80. The van der Waals surface area contributed by atoms with Crippen molar-refractivity contribution in [3.05, 3.63) is 64.8 Å². The van der Waals surface area contributed by atoms with Gasteiger partial charge in [-0.1, -0.05) is 0 Å². The van der Waals surface area contributed by atoms with Crippen LogP contribution >= 0.6 is 0 Å². The molecular formula is C22H21F3N6O3. The SMILES string of the molecule is C[C@@H]1CN(C(=O)c2ccc(OC(F)(F)F)cc2)CCN1c1nc(-c2ccncn2)cc(=O)n1C. The molecule has 0 saturated carbocycles. The van der Waals surface area contributed by atoms with Crippen molar-refractivity contribution in [2.45, 2.75) is 19.3 Å². The Bertz CT molecular complexity index is 1230. The standard InChI is InChI=1S/C22H21F3N6O3/c1-14-12-30(20(33)15-3-5-16(6-4-15)34-22(23,24)25)9-10-31(14)21-28-18(11-19(32)29(21)2)17-7-8-26-13-27-17/h3-8,11,13-14H,9-10,12H2,1-2H3/t14-/m1/s1. The Morgan fingerprint density at radius 1 is 1.12 bits per heavy atom. The van der Waals surface area contributed by atoms with Crippen molar-refractivity contribution in [2.24, 2.45) is 7.05 Å². The molecule has 0 radical (unpaired) electrons. The van der Waals surface area contributed by atoms with E-state index in [9.17, 15) is 22.8 Å². The molecule has 0 N–H and O–H groups in total.